The van der Waals surface area contributed by atoms with Crippen LogP contribution in [0.4, 0.5) is 5.82 Å². The second kappa shape index (κ2) is 2.50. The second-order valence-corrected chi connectivity index (χ2v) is 4.27. The Hall–Kier alpha value is -0.990. The molecule has 0 amide bonds. The third kappa shape index (κ3) is 1.14. The molecule has 70 valence electrons. The molecule has 1 aromatic heterocycles. The third-order valence-electron chi connectivity index (χ3n) is 3.25. The van der Waals surface area contributed by atoms with Crippen LogP contribution in [0.5, 0.6) is 0 Å². The summed E-state index contributed by atoms with van der Waals surface area (Å²) in [6.45, 7) is 0. The normalized spacial score (nSPS) is 26.7. The predicted octanol–water partition coefficient (Wildman–Crippen LogP) is 1.56. The summed E-state index contributed by atoms with van der Waals surface area (Å²) in [5.74, 6) is 2.20. The Balaban J connectivity index is 1.88. The van der Waals surface area contributed by atoms with Crippen LogP contribution in [0.15, 0.2) is 6.20 Å². The molecule has 3 heteroatoms. The quantitative estimate of drug-likeness (QED) is 0.705. The van der Waals surface area contributed by atoms with Crippen molar-refractivity contribution in [2.24, 2.45) is 13.0 Å². The van der Waals surface area contributed by atoms with E-state index in [1.54, 1.807) is 0 Å². The van der Waals surface area contributed by atoms with Crippen molar-refractivity contribution >= 4 is 5.82 Å². The zero-order valence-electron chi connectivity index (χ0n) is 7.95. The minimum Gasteiger partial charge on any atom is -0.367 e. The molecule has 3 nitrogen and oxygen atoms in total. The van der Waals surface area contributed by atoms with Crippen LogP contribution in [0.2, 0.25) is 0 Å². The van der Waals surface area contributed by atoms with Gasteiger partial charge in [0.1, 0.15) is 5.82 Å². The average molecular weight is 177 g/mol. The van der Waals surface area contributed by atoms with Crippen molar-refractivity contribution in [3.8, 4) is 0 Å². The van der Waals surface area contributed by atoms with Gasteiger partial charge in [-0.1, -0.05) is 0 Å². The van der Waals surface area contributed by atoms with Crippen molar-refractivity contribution in [3.63, 3.8) is 0 Å². The van der Waals surface area contributed by atoms with Gasteiger partial charge in [0.2, 0.25) is 0 Å². The smallest absolute Gasteiger partial charge is 0.127 e. The first kappa shape index (κ1) is 7.42. The number of anilines is 1. The first-order valence-corrected chi connectivity index (χ1v) is 5.12. The molecule has 1 fully saturated rings. The van der Waals surface area contributed by atoms with Gasteiger partial charge in [-0.15, -0.1) is 0 Å². The van der Waals surface area contributed by atoms with Crippen molar-refractivity contribution in [2.45, 2.75) is 31.7 Å². The predicted molar refractivity (Wildman–Crippen MR) is 51.7 cm³/mol. The Labute approximate surface area is 78.1 Å². The van der Waals surface area contributed by atoms with Crippen molar-refractivity contribution < 1.29 is 0 Å². The minimum atomic E-state index is 0.725. The number of rotatable bonds is 1. The number of fused-ring (bicyclic) bond motifs is 1. The lowest BCUT2D eigenvalue weighted by Gasteiger charge is -2.24. The lowest BCUT2D eigenvalue weighted by Crippen LogP contribution is -2.28. The molecule has 1 aliphatic heterocycles. The molecule has 0 saturated heterocycles. The van der Waals surface area contributed by atoms with Crippen LogP contribution < -0.4 is 5.32 Å². The van der Waals surface area contributed by atoms with Gasteiger partial charge in [0.05, 0.1) is 6.20 Å². The number of hydrogen-bond acceptors (Lipinski definition) is 2. The van der Waals surface area contributed by atoms with Gasteiger partial charge in [-0.3, -0.25) is 4.68 Å². The van der Waals surface area contributed by atoms with Crippen LogP contribution in [-0.4, -0.2) is 15.8 Å². The number of hydrogen-bond donors (Lipinski definition) is 1. The van der Waals surface area contributed by atoms with E-state index in [2.05, 4.69) is 10.4 Å². The lowest BCUT2D eigenvalue weighted by atomic mass is 9.99. The molecule has 0 unspecified atom stereocenters. The Morgan fingerprint density at radius 1 is 1.46 bits per heavy atom. The number of nitrogens with one attached hydrogen (secondary N) is 1. The van der Waals surface area contributed by atoms with Gasteiger partial charge in [-0.25, -0.2) is 0 Å². The van der Waals surface area contributed by atoms with E-state index >= 15 is 0 Å². The molecule has 0 spiro atoms. The van der Waals surface area contributed by atoms with Gasteiger partial charge in [-0.05, 0) is 31.6 Å². The largest absolute Gasteiger partial charge is 0.367 e. The first-order valence-electron chi connectivity index (χ1n) is 5.12. The molecule has 2 heterocycles. The number of aromatic nitrogens is 2. The molecular formula is C10H15N3. The molecule has 0 radical (unpaired) electrons. The summed E-state index contributed by atoms with van der Waals surface area (Å²) in [7, 11) is 2.01. The van der Waals surface area contributed by atoms with Crippen molar-refractivity contribution in [3.05, 3.63) is 11.8 Å². The van der Waals surface area contributed by atoms with E-state index in [1.807, 2.05) is 17.9 Å². The van der Waals surface area contributed by atoms with Crippen LogP contribution in [0, 0.1) is 5.92 Å². The molecule has 1 atom stereocenters. The van der Waals surface area contributed by atoms with E-state index in [9.17, 15) is 0 Å². The maximum atomic E-state index is 4.27. The molecule has 3 rings (SSSR count). The van der Waals surface area contributed by atoms with Crippen LogP contribution in [0.3, 0.4) is 0 Å². The van der Waals surface area contributed by atoms with E-state index in [-0.39, 0.29) is 0 Å². The van der Waals surface area contributed by atoms with Gasteiger partial charge >= 0.3 is 0 Å². The highest BCUT2D eigenvalue weighted by Crippen LogP contribution is 2.38. The summed E-state index contributed by atoms with van der Waals surface area (Å²) in [5, 5.41) is 7.87. The van der Waals surface area contributed by atoms with Crippen molar-refractivity contribution in [2.75, 3.05) is 5.32 Å². The molecule has 13 heavy (non-hydrogen) atoms. The highest BCUT2D eigenvalue weighted by Gasteiger charge is 2.34. The summed E-state index contributed by atoms with van der Waals surface area (Å²) in [5.41, 5.74) is 1.39. The second-order valence-electron chi connectivity index (χ2n) is 4.27. The van der Waals surface area contributed by atoms with Crippen molar-refractivity contribution in [1.29, 1.82) is 0 Å². The number of nitrogens with zero attached hydrogens (tertiary/aromatic N) is 2. The Kier molecular flexibility index (Phi) is 1.43. The zero-order chi connectivity index (χ0) is 8.84. The van der Waals surface area contributed by atoms with Crippen molar-refractivity contribution in [1.82, 2.24) is 9.78 Å². The van der Waals surface area contributed by atoms with Gasteiger partial charge in [0.15, 0.2) is 0 Å². The number of aryl methyl sites for hydroxylation is 2. The Morgan fingerprint density at radius 2 is 2.31 bits per heavy atom. The molecule has 1 saturated carbocycles. The van der Waals surface area contributed by atoms with Crippen LogP contribution >= 0.6 is 0 Å². The Bertz CT molecular complexity index is 325. The molecule has 1 N–H and O–H groups in total. The molecule has 0 aromatic carbocycles. The minimum absolute atomic E-state index is 0.725. The standard InChI is InChI=1S/C10H15N3/c1-13-10-8(6-11-13)4-5-9(12-10)7-2-3-7/h6-7,9,12H,2-5H2,1H3/t9-/m0/s1. The lowest BCUT2D eigenvalue weighted by molar-refractivity contribution is 0.561. The highest BCUT2D eigenvalue weighted by atomic mass is 15.3. The maximum absolute atomic E-state index is 4.27. The maximum Gasteiger partial charge on any atom is 0.127 e. The summed E-state index contributed by atoms with van der Waals surface area (Å²) in [6, 6.07) is 0.725. The van der Waals surface area contributed by atoms with Crippen LogP contribution in [0.1, 0.15) is 24.8 Å². The van der Waals surface area contributed by atoms with E-state index in [0.29, 0.717) is 0 Å². The third-order valence-corrected chi connectivity index (χ3v) is 3.25. The zero-order valence-corrected chi connectivity index (χ0v) is 7.95. The van der Waals surface area contributed by atoms with Crippen LogP contribution in [0.25, 0.3) is 0 Å². The Morgan fingerprint density at radius 3 is 3.08 bits per heavy atom. The monoisotopic (exact) mass is 177 g/mol. The van der Waals surface area contributed by atoms with E-state index in [0.717, 1.165) is 12.0 Å². The fraction of sp³-hybridized carbons (Fsp3) is 0.700. The van der Waals surface area contributed by atoms with E-state index in [4.69, 9.17) is 0 Å². The highest BCUT2D eigenvalue weighted by molar-refractivity contribution is 5.47. The summed E-state index contributed by atoms with van der Waals surface area (Å²) < 4.78 is 1.96. The van der Waals surface area contributed by atoms with Gasteiger partial charge < -0.3 is 5.32 Å². The first-order chi connectivity index (χ1) is 6.34. The molecule has 1 aliphatic carbocycles. The fourth-order valence-electron chi connectivity index (χ4n) is 2.26. The van der Waals surface area contributed by atoms with Crippen LogP contribution in [-0.2, 0) is 13.5 Å². The summed E-state index contributed by atoms with van der Waals surface area (Å²) in [4.78, 5) is 0. The fourth-order valence-corrected chi connectivity index (χ4v) is 2.26. The molecule has 1 aromatic rings. The molecule has 0 bridgehead atoms. The SMILES string of the molecule is Cn1ncc2c1N[C@H](C1CC1)CC2. The average Bonchev–Trinajstić information content (AvgIpc) is 2.93. The van der Waals surface area contributed by atoms with E-state index in [1.165, 1.54) is 37.1 Å². The van der Waals surface area contributed by atoms with E-state index < -0.39 is 0 Å². The topological polar surface area (TPSA) is 29.9 Å². The van der Waals surface area contributed by atoms with Gasteiger partial charge in [-0.2, -0.15) is 5.10 Å². The van der Waals surface area contributed by atoms with Gasteiger partial charge in [0.25, 0.3) is 0 Å². The summed E-state index contributed by atoms with van der Waals surface area (Å²) >= 11 is 0. The molecule has 2 aliphatic rings. The van der Waals surface area contributed by atoms with Gasteiger partial charge in [0, 0.05) is 18.7 Å². The molecular weight excluding hydrogens is 162 g/mol. The summed E-state index contributed by atoms with van der Waals surface area (Å²) in [6.07, 6.45) is 7.34.